The number of carbonyl (C=O) groups excluding carboxylic acids is 2. The van der Waals surface area contributed by atoms with Crippen molar-refractivity contribution in [2.75, 3.05) is 23.2 Å². The van der Waals surface area contributed by atoms with Gasteiger partial charge >= 0.3 is 0 Å². The lowest BCUT2D eigenvalue weighted by molar-refractivity contribution is 0.0963. The number of hydrogen-bond acceptors (Lipinski definition) is 5. The summed E-state index contributed by atoms with van der Waals surface area (Å²) in [5.41, 5.74) is 3.60. The highest BCUT2D eigenvalue weighted by Gasteiger charge is 2.31. The van der Waals surface area contributed by atoms with E-state index in [4.69, 9.17) is 0 Å². The van der Waals surface area contributed by atoms with Gasteiger partial charge in [-0.05, 0) is 73.1 Å². The number of fused-ring (bicyclic) bond motifs is 2. The quantitative estimate of drug-likeness (QED) is 0.538. The minimum absolute atomic E-state index is 0.136. The van der Waals surface area contributed by atoms with Crippen molar-refractivity contribution in [1.82, 2.24) is 5.32 Å². The van der Waals surface area contributed by atoms with Crippen molar-refractivity contribution in [1.29, 1.82) is 0 Å². The van der Waals surface area contributed by atoms with Crippen LogP contribution in [-0.4, -0.2) is 33.8 Å². The van der Waals surface area contributed by atoms with Gasteiger partial charge in [-0.25, -0.2) is 8.42 Å². The van der Waals surface area contributed by atoms with Gasteiger partial charge in [-0.1, -0.05) is 25.1 Å². The van der Waals surface area contributed by atoms with E-state index in [1.54, 1.807) is 7.05 Å². The fourth-order valence-corrected chi connectivity index (χ4v) is 7.75. The summed E-state index contributed by atoms with van der Waals surface area (Å²) in [7, 11) is -2.15. The van der Waals surface area contributed by atoms with E-state index in [1.807, 2.05) is 24.3 Å². The zero-order valence-electron chi connectivity index (χ0n) is 19.6. The summed E-state index contributed by atoms with van der Waals surface area (Å²) in [6.07, 6.45) is 3.40. The number of rotatable bonds is 5. The molecule has 2 aliphatic rings. The van der Waals surface area contributed by atoms with E-state index < -0.39 is 10.0 Å². The molecule has 0 spiro atoms. The minimum atomic E-state index is -3.73. The largest absolute Gasteiger partial charge is 0.355 e. The molecule has 7 nitrogen and oxygen atoms in total. The second kappa shape index (κ2) is 9.13. The number of nitrogens with one attached hydrogen (secondary N) is 2. The molecule has 1 aliphatic heterocycles. The van der Waals surface area contributed by atoms with Gasteiger partial charge in [0.15, 0.2) is 0 Å². The van der Waals surface area contributed by atoms with Crippen molar-refractivity contribution in [3.63, 3.8) is 0 Å². The van der Waals surface area contributed by atoms with E-state index in [2.05, 4.69) is 17.6 Å². The minimum Gasteiger partial charge on any atom is -0.355 e. The maximum Gasteiger partial charge on any atom is 0.264 e. The van der Waals surface area contributed by atoms with Crippen molar-refractivity contribution >= 4 is 43.9 Å². The molecule has 0 bridgehead atoms. The highest BCUT2D eigenvalue weighted by atomic mass is 32.2. The topological polar surface area (TPSA) is 95.6 Å². The van der Waals surface area contributed by atoms with Gasteiger partial charge in [0.25, 0.3) is 21.8 Å². The van der Waals surface area contributed by atoms with Crippen LogP contribution in [0, 0.1) is 5.92 Å². The second-order valence-electron chi connectivity index (χ2n) is 9.07. The third-order valence-corrected chi connectivity index (χ3v) is 9.74. The van der Waals surface area contributed by atoms with Gasteiger partial charge in [0.1, 0.15) is 5.00 Å². The highest BCUT2D eigenvalue weighted by molar-refractivity contribution is 7.92. The van der Waals surface area contributed by atoms with E-state index in [0.717, 1.165) is 35.3 Å². The number of carbonyl (C=O) groups is 2. The maximum atomic E-state index is 13.2. The number of amides is 2. The summed E-state index contributed by atoms with van der Waals surface area (Å²) in [6, 6.07) is 13.4. The van der Waals surface area contributed by atoms with Gasteiger partial charge in [0.05, 0.1) is 16.1 Å². The van der Waals surface area contributed by atoms with Crippen molar-refractivity contribution < 1.29 is 18.0 Å². The van der Waals surface area contributed by atoms with Gasteiger partial charge in [-0.3, -0.25) is 13.9 Å². The third-order valence-electron chi connectivity index (χ3n) is 6.74. The van der Waals surface area contributed by atoms with Crippen LogP contribution in [-0.2, 0) is 29.3 Å². The molecule has 1 aliphatic carbocycles. The lowest BCUT2D eigenvalue weighted by Crippen LogP contribution is -2.29. The van der Waals surface area contributed by atoms with Crippen molar-refractivity contribution in [2.24, 2.45) is 5.92 Å². The highest BCUT2D eigenvalue weighted by Crippen LogP contribution is 2.40. The van der Waals surface area contributed by atoms with Gasteiger partial charge in [-0.15, -0.1) is 11.3 Å². The van der Waals surface area contributed by atoms with Crippen LogP contribution in [0.2, 0.25) is 0 Å². The Morgan fingerprint density at radius 3 is 2.51 bits per heavy atom. The Labute approximate surface area is 209 Å². The van der Waals surface area contributed by atoms with E-state index in [9.17, 15) is 18.0 Å². The van der Waals surface area contributed by atoms with Crippen LogP contribution < -0.4 is 14.9 Å². The monoisotopic (exact) mass is 509 g/mol. The van der Waals surface area contributed by atoms with Crippen LogP contribution in [0.4, 0.5) is 10.7 Å². The lowest BCUT2D eigenvalue weighted by atomic mass is 9.88. The maximum absolute atomic E-state index is 13.2. The standard InChI is InChI=1S/C26H27N3O4S2/c1-16-7-12-20-22(15-16)34-26(23(20)25(31)27-2)28-24(30)18-8-10-19(11-9-18)35(32,33)29-14-13-17-5-3-4-6-21(17)29/h3-6,8-11,16H,7,12-15H2,1-2H3,(H,27,31)(H,28,30). The number of hydrogen-bond donors (Lipinski definition) is 2. The summed E-state index contributed by atoms with van der Waals surface area (Å²) < 4.78 is 27.9. The smallest absolute Gasteiger partial charge is 0.264 e. The zero-order valence-corrected chi connectivity index (χ0v) is 21.3. The van der Waals surface area contributed by atoms with Gasteiger partial charge in [0, 0.05) is 24.0 Å². The Morgan fingerprint density at radius 2 is 1.77 bits per heavy atom. The van der Waals surface area contributed by atoms with Crippen LogP contribution in [0.3, 0.4) is 0 Å². The Hall–Kier alpha value is -3.17. The molecule has 3 aromatic rings. The normalized spacial score (nSPS) is 17.0. The molecule has 2 amide bonds. The van der Waals surface area contributed by atoms with Gasteiger partial charge < -0.3 is 10.6 Å². The predicted octanol–water partition coefficient (Wildman–Crippen LogP) is 4.24. The van der Waals surface area contributed by atoms with Crippen LogP contribution in [0.15, 0.2) is 53.4 Å². The van der Waals surface area contributed by atoms with E-state index in [-0.39, 0.29) is 16.7 Å². The fourth-order valence-electron chi connectivity index (χ4n) is 4.84. The molecule has 0 saturated heterocycles. The average Bonchev–Trinajstić information content (AvgIpc) is 3.45. The Balaban J connectivity index is 1.38. The molecule has 5 rings (SSSR count). The first-order valence-electron chi connectivity index (χ1n) is 11.7. The molecular formula is C26H27N3O4S2. The zero-order chi connectivity index (χ0) is 24.7. The molecule has 1 aromatic heterocycles. The number of benzene rings is 2. The number of para-hydroxylation sites is 1. The van der Waals surface area contributed by atoms with Crippen LogP contribution in [0.1, 0.15) is 50.1 Å². The molecule has 0 fully saturated rings. The first kappa shape index (κ1) is 23.6. The van der Waals surface area contributed by atoms with Crippen LogP contribution >= 0.6 is 11.3 Å². The van der Waals surface area contributed by atoms with E-state index >= 15 is 0 Å². The molecule has 0 radical (unpaired) electrons. The number of sulfonamides is 1. The molecule has 1 atom stereocenters. The van der Waals surface area contributed by atoms with Gasteiger partial charge in [0.2, 0.25) is 0 Å². The molecular weight excluding hydrogens is 482 g/mol. The van der Waals surface area contributed by atoms with Crippen molar-refractivity contribution in [3.8, 4) is 0 Å². The molecule has 2 N–H and O–H groups in total. The second-order valence-corrected chi connectivity index (χ2v) is 12.0. The average molecular weight is 510 g/mol. The predicted molar refractivity (Wildman–Crippen MR) is 138 cm³/mol. The number of thiophene rings is 1. The Bertz CT molecular complexity index is 1410. The molecule has 0 saturated carbocycles. The molecule has 2 aromatic carbocycles. The first-order chi connectivity index (χ1) is 16.8. The number of anilines is 2. The Kier molecular flexibility index (Phi) is 6.14. The summed E-state index contributed by atoms with van der Waals surface area (Å²) in [5.74, 6) is -0.0451. The van der Waals surface area contributed by atoms with E-state index in [0.29, 0.717) is 40.7 Å². The molecule has 1 unspecified atom stereocenters. The summed E-state index contributed by atoms with van der Waals surface area (Å²) in [6.45, 7) is 2.59. The third kappa shape index (κ3) is 4.23. The molecule has 35 heavy (non-hydrogen) atoms. The first-order valence-corrected chi connectivity index (χ1v) is 13.9. The molecule has 2 heterocycles. The van der Waals surface area contributed by atoms with Crippen molar-refractivity contribution in [2.45, 2.75) is 37.5 Å². The molecule has 9 heteroatoms. The summed E-state index contributed by atoms with van der Waals surface area (Å²) >= 11 is 1.45. The van der Waals surface area contributed by atoms with Gasteiger partial charge in [-0.2, -0.15) is 0 Å². The molecule has 182 valence electrons. The Morgan fingerprint density at radius 1 is 1.03 bits per heavy atom. The lowest BCUT2D eigenvalue weighted by Gasteiger charge is -2.19. The SMILES string of the molecule is CNC(=O)c1c(NC(=O)c2ccc(S(=O)(=O)N3CCc4ccccc43)cc2)sc2c1CCC(C)C2. The van der Waals surface area contributed by atoms with Crippen LogP contribution in [0.5, 0.6) is 0 Å². The summed E-state index contributed by atoms with van der Waals surface area (Å²) in [4.78, 5) is 26.9. The fraction of sp³-hybridized carbons (Fsp3) is 0.308. The van der Waals surface area contributed by atoms with Crippen LogP contribution in [0.25, 0.3) is 0 Å². The van der Waals surface area contributed by atoms with Crippen molar-refractivity contribution in [3.05, 3.63) is 75.7 Å². The summed E-state index contributed by atoms with van der Waals surface area (Å²) in [5, 5.41) is 6.12. The van der Waals surface area contributed by atoms with E-state index in [1.165, 1.54) is 39.9 Å². The number of nitrogens with zero attached hydrogens (tertiary/aromatic N) is 1.